The molecule has 0 aliphatic rings. The molecule has 5 heteroatoms. The molecule has 0 atom stereocenters. The molecular formula is C17H38N2O3. The fourth-order valence-electron chi connectivity index (χ4n) is 2.96. The van der Waals surface area contributed by atoms with Crippen LogP contribution in [0.5, 0.6) is 0 Å². The van der Waals surface area contributed by atoms with Gasteiger partial charge in [-0.3, -0.25) is 10.4 Å². The second-order valence-electron chi connectivity index (χ2n) is 6.28. The van der Waals surface area contributed by atoms with Crippen molar-refractivity contribution in [3.63, 3.8) is 0 Å². The van der Waals surface area contributed by atoms with Gasteiger partial charge < -0.3 is 5.21 Å². The molecule has 3 N–H and O–H groups in total. The molecule has 5 nitrogen and oxygen atoms in total. The van der Waals surface area contributed by atoms with Gasteiger partial charge in [0.15, 0.2) is 0 Å². The maximum atomic E-state index is 10.1. The minimum Gasteiger partial charge on any atom is -0.312 e. The van der Waals surface area contributed by atoms with Crippen molar-refractivity contribution in [3.8, 4) is 0 Å². The van der Waals surface area contributed by atoms with Crippen LogP contribution < -0.4 is 0 Å². The van der Waals surface area contributed by atoms with Crippen LogP contribution in [-0.4, -0.2) is 38.1 Å². The van der Waals surface area contributed by atoms with E-state index in [-0.39, 0.29) is 5.23 Å². The van der Waals surface area contributed by atoms with E-state index in [0.29, 0.717) is 19.4 Å². The fourth-order valence-corrected chi connectivity index (χ4v) is 2.96. The molecule has 0 fully saturated rings. The first kappa shape index (κ1) is 21.8. The van der Waals surface area contributed by atoms with Crippen LogP contribution in [0.2, 0.25) is 0 Å². The summed E-state index contributed by atoms with van der Waals surface area (Å²) in [5.74, 6) is 0. The van der Waals surface area contributed by atoms with Gasteiger partial charge in [-0.25, -0.2) is 0 Å². The normalized spacial score (nSPS) is 12.5. The summed E-state index contributed by atoms with van der Waals surface area (Å²) in [5, 5.41) is 30.1. The lowest BCUT2D eigenvalue weighted by atomic mass is 10.0. The summed E-state index contributed by atoms with van der Waals surface area (Å²) in [6.45, 7) is 6.38. The molecule has 0 aromatic carbocycles. The number of nitrogens with zero attached hydrogens (tertiary/aromatic N) is 2. The molecule has 0 aliphatic heterocycles. The smallest absolute Gasteiger partial charge is 0.147 e. The molecule has 134 valence electrons. The van der Waals surface area contributed by atoms with E-state index in [1.165, 1.54) is 51.4 Å². The zero-order valence-corrected chi connectivity index (χ0v) is 14.9. The van der Waals surface area contributed by atoms with Crippen molar-refractivity contribution in [2.24, 2.45) is 0 Å². The van der Waals surface area contributed by atoms with E-state index in [0.717, 1.165) is 17.9 Å². The first-order chi connectivity index (χ1) is 10.5. The van der Waals surface area contributed by atoms with Crippen LogP contribution in [0, 0.1) is 0 Å². The van der Waals surface area contributed by atoms with Crippen molar-refractivity contribution in [3.05, 3.63) is 0 Å². The number of hydrogen-bond donors (Lipinski definition) is 3. The van der Waals surface area contributed by atoms with Crippen LogP contribution in [-0.2, 0) is 0 Å². The number of rotatable bonds is 15. The van der Waals surface area contributed by atoms with Gasteiger partial charge in [-0.1, -0.05) is 78.6 Å². The zero-order chi connectivity index (χ0) is 16.8. The first-order valence-electron chi connectivity index (χ1n) is 9.19. The molecular weight excluding hydrogens is 280 g/mol. The number of hydroxylamine groups is 4. The monoisotopic (exact) mass is 318 g/mol. The molecule has 0 amide bonds. The van der Waals surface area contributed by atoms with E-state index >= 15 is 0 Å². The molecule has 0 heterocycles. The van der Waals surface area contributed by atoms with Crippen molar-refractivity contribution in [2.75, 3.05) is 6.54 Å². The van der Waals surface area contributed by atoms with E-state index in [1.54, 1.807) is 0 Å². The fraction of sp³-hybridized carbons (Fsp3) is 1.00. The molecule has 0 saturated heterocycles. The van der Waals surface area contributed by atoms with Gasteiger partial charge in [0.05, 0.1) is 0 Å². The van der Waals surface area contributed by atoms with E-state index in [4.69, 9.17) is 0 Å². The van der Waals surface area contributed by atoms with Crippen LogP contribution in [0.1, 0.15) is 97.8 Å². The van der Waals surface area contributed by atoms with Gasteiger partial charge in [0.2, 0.25) is 0 Å². The summed E-state index contributed by atoms with van der Waals surface area (Å²) in [7, 11) is 0. The van der Waals surface area contributed by atoms with Gasteiger partial charge in [0.25, 0.3) is 0 Å². The third-order valence-corrected chi connectivity index (χ3v) is 4.71. The Balaban J connectivity index is 3.69. The van der Waals surface area contributed by atoms with Gasteiger partial charge >= 0.3 is 0 Å². The van der Waals surface area contributed by atoms with Crippen LogP contribution in [0.4, 0.5) is 0 Å². The highest BCUT2D eigenvalue weighted by molar-refractivity contribution is 4.77. The summed E-state index contributed by atoms with van der Waals surface area (Å²) in [5.41, 5.74) is -1.08. The topological polar surface area (TPSA) is 67.2 Å². The Kier molecular flexibility index (Phi) is 13.1. The van der Waals surface area contributed by atoms with Gasteiger partial charge in [-0.2, -0.15) is 5.06 Å². The molecule has 22 heavy (non-hydrogen) atoms. The highest BCUT2D eigenvalue weighted by Crippen LogP contribution is 2.25. The predicted octanol–water partition coefficient (Wildman–Crippen LogP) is 5.20. The molecule has 0 bridgehead atoms. The van der Waals surface area contributed by atoms with Crippen molar-refractivity contribution in [2.45, 2.75) is 103 Å². The Labute approximate surface area is 136 Å². The molecule has 0 aliphatic carbocycles. The summed E-state index contributed by atoms with van der Waals surface area (Å²) in [6.07, 6.45) is 13.3. The summed E-state index contributed by atoms with van der Waals surface area (Å²) in [4.78, 5) is 0. The molecule has 0 aromatic heterocycles. The minimum atomic E-state index is -1.08. The summed E-state index contributed by atoms with van der Waals surface area (Å²) < 4.78 is 0. The summed E-state index contributed by atoms with van der Waals surface area (Å²) >= 11 is 0. The molecule has 0 aromatic rings. The predicted molar refractivity (Wildman–Crippen MR) is 89.1 cm³/mol. The molecule has 0 saturated carbocycles. The largest absolute Gasteiger partial charge is 0.312 e. The first-order valence-corrected chi connectivity index (χ1v) is 9.19. The highest BCUT2D eigenvalue weighted by atomic mass is 16.8. The maximum Gasteiger partial charge on any atom is 0.147 e. The van der Waals surface area contributed by atoms with Gasteiger partial charge in [0.1, 0.15) is 5.66 Å². The highest BCUT2D eigenvalue weighted by Gasteiger charge is 2.38. The lowest BCUT2D eigenvalue weighted by Crippen LogP contribution is -2.56. The SMILES string of the molecule is CCCCCCCCCCCCN(O)C(CC)(CC)N(O)O. The Bertz CT molecular complexity index is 246. The average Bonchev–Trinajstić information content (AvgIpc) is 2.50. The van der Waals surface area contributed by atoms with Crippen LogP contribution in [0.15, 0.2) is 0 Å². The van der Waals surface area contributed by atoms with Crippen LogP contribution in [0.3, 0.4) is 0 Å². The minimum absolute atomic E-state index is 0.156. The van der Waals surface area contributed by atoms with Crippen molar-refractivity contribution in [1.82, 2.24) is 10.3 Å². The van der Waals surface area contributed by atoms with Gasteiger partial charge in [0, 0.05) is 6.54 Å². The lowest BCUT2D eigenvalue weighted by molar-refractivity contribution is -0.428. The third kappa shape index (κ3) is 7.88. The van der Waals surface area contributed by atoms with Crippen molar-refractivity contribution in [1.29, 1.82) is 0 Å². The van der Waals surface area contributed by atoms with E-state index < -0.39 is 5.66 Å². The molecule has 0 unspecified atom stereocenters. The Morgan fingerprint density at radius 2 is 1.05 bits per heavy atom. The van der Waals surface area contributed by atoms with Crippen LogP contribution >= 0.6 is 0 Å². The Morgan fingerprint density at radius 1 is 0.636 bits per heavy atom. The molecule has 0 spiro atoms. The number of unbranched alkanes of at least 4 members (excludes halogenated alkanes) is 9. The second kappa shape index (κ2) is 13.3. The summed E-state index contributed by atoms with van der Waals surface area (Å²) in [6, 6.07) is 0. The Hall–Kier alpha value is -0.200. The third-order valence-electron chi connectivity index (χ3n) is 4.71. The van der Waals surface area contributed by atoms with E-state index in [2.05, 4.69) is 6.92 Å². The quantitative estimate of drug-likeness (QED) is 0.220. The van der Waals surface area contributed by atoms with E-state index in [1.807, 2.05) is 13.8 Å². The van der Waals surface area contributed by atoms with Crippen molar-refractivity contribution >= 4 is 0 Å². The Morgan fingerprint density at radius 3 is 1.41 bits per heavy atom. The second-order valence-corrected chi connectivity index (χ2v) is 6.28. The van der Waals surface area contributed by atoms with Gasteiger partial charge in [-0.05, 0) is 24.5 Å². The van der Waals surface area contributed by atoms with Crippen LogP contribution in [0.25, 0.3) is 0 Å². The maximum absolute atomic E-state index is 10.1. The lowest BCUT2D eigenvalue weighted by Gasteiger charge is -2.40. The van der Waals surface area contributed by atoms with E-state index in [9.17, 15) is 15.6 Å². The molecule has 0 radical (unpaired) electrons. The van der Waals surface area contributed by atoms with Gasteiger partial charge in [-0.15, -0.1) is 0 Å². The standard InChI is InChI=1S/C17H38N2O3/c1-4-7-8-9-10-11-12-13-14-15-16-18(20)17(5-2,6-3)19(21)22/h20-22H,4-16H2,1-3H3. The average molecular weight is 319 g/mol. The zero-order valence-electron chi connectivity index (χ0n) is 14.9. The van der Waals surface area contributed by atoms with Crippen molar-refractivity contribution < 1.29 is 15.6 Å². The molecule has 0 rings (SSSR count). The number of hydrogen-bond acceptors (Lipinski definition) is 5.